The third-order valence-electron chi connectivity index (χ3n) is 10.8. The summed E-state index contributed by atoms with van der Waals surface area (Å²) in [6.07, 6.45) is -49.7. The fourth-order valence-electron chi connectivity index (χ4n) is 7.67. The van der Waals surface area contributed by atoms with Gasteiger partial charge < -0.3 is 0 Å². The van der Waals surface area contributed by atoms with Gasteiger partial charge >= 0.3 is 49.4 Å². The second-order valence-electron chi connectivity index (χ2n) is 15.9. The Morgan fingerprint density at radius 2 is 0.658 bits per heavy atom. The SMILES string of the molecule is CC(=O)c1cncc[n+]1Cc1ccccc1.FC(F)(F)c1cc([B-](c2cc(C(F)(F)F)cc(C(F)(F)F)c2)(c2cc(C(F)(F)F)cc(C(F)(F)F)c2)c2cc(C(F)(F)F)cc(C(F)(F)F)c2)cc(C(F)(F)F)c1. The molecule has 3 nitrogen and oxygen atoms in total. The van der Waals surface area contributed by atoms with Crippen LogP contribution in [0.5, 0.6) is 0 Å². The fraction of sp³-hybridized carbons (Fsp3) is 0.222. The van der Waals surface area contributed by atoms with Gasteiger partial charge in [-0.1, -0.05) is 78.9 Å². The van der Waals surface area contributed by atoms with Crippen LogP contribution >= 0.6 is 0 Å². The van der Waals surface area contributed by atoms with E-state index in [2.05, 4.69) is 4.98 Å². The van der Waals surface area contributed by atoms with Crippen LogP contribution in [0.1, 0.15) is 67.5 Å². The van der Waals surface area contributed by atoms with Crippen LogP contribution in [-0.2, 0) is 56.0 Å². The van der Waals surface area contributed by atoms with Crippen molar-refractivity contribution < 1.29 is 115 Å². The van der Waals surface area contributed by atoms with Crippen LogP contribution in [0.2, 0.25) is 0 Å². The molecule has 0 bridgehead atoms. The van der Waals surface area contributed by atoms with Crippen LogP contribution in [0.3, 0.4) is 0 Å². The number of alkyl halides is 24. The average molecular weight is 1080 g/mol. The van der Waals surface area contributed by atoms with E-state index in [9.17, 15) is 110 Å². The largest absolute Gasteiger partial charge is 0.416 e. The van der Waals surface area contributed by atoms with E-state index in [0.717, 1.165) is 0 Å². The summed E-state index contributed by atoms with van der Waals surface area (Å²) >= 11 is 0. The zero-order valence-electron chi connectivity index (χ0n) is 35.7. The minimum Gasteiger partial charge on any atom is -0.288 e. The topological polar surface area (TPSA) is 33.8 Å². The zero-order chi connectivity index (χ0) is 55.3. The van der Waals surface area contributed by atoms with Gasteiger partial charge in [0.1, 0.15) is 12.3 Å². The van der Waals surface area contributed by atoms with Gasteiger partial charge in [0.2, 0.25) is 5.78 Å². The zero-order valence-corrected chi connectivity index (χ0v) is 35.7. The van der Waals surface area contributed by atoms with Crippen molar-refractivity contribution in [1.82, 2.24) is 4.98 Å². The van der Waals surface area contributed by atoms with Crippen molar-refractivity contribution in [3.8, 4) is 0 Å². The van der Waals surface area contributed by atoms with E-state index in [0.29, 0.717) is 12.2 Å². The van der Waals surface area contributed by atoms with Crippen LogP contribution in [0, 0.1) is 0 Å². The van der Waals surface area contributed by atoms with Gasteiger partial charge in [0, 0.05) is 12.5 Å². The summed E-state index contributed by atoms with van der Waals surface area (Å²) in [6, 6.07) is 1.23. The maximum absolute atomic E-state index is 14.2. The Labute approximate surface area is 393 Å². The summed E-state index contributed by atoms with van der Waals surface area (Å²) in [5.74, 6) is 0.0315. The third kappa shape index (κ3) is 13.3. The lowest BCUT2D eigenvalue weighted by atomic mass is 9.12. The predicted molar refractivity (Wildman–Crippen MR) is 210 cm³/mol. The van der Waals surface area contributed by atoms with E-state index < -0.39 is 195 Å². The van der Waals surface area contributed by atoms with E-state index in [1.54, 1.807) is 19.3 Å². The Morgan fingerprint density at radius 1 is 0.411 bits per heavy atom. The molecule has 6 aromatic rings. The van der Waals surface area contributed by atoms with Crippen LogP contribution < -0.4 is 26.4 Å². The summed E-state index contributed by atoms with van der Waals surface area (Å²) in [7, 11) is 0. The smallest absolute Gasteiger partial charge is 0.288 e. The van der Waals surface area contributed by atoms with Crippen molar-refractivity contribution in [3.63, 3.8) is 0 Å². The number of hydrogen-bond donors (Lipinski definition) is 0. The van der Waals surface area contributed by atoms with Crippen molar-refractivity contribution >= 4 is 33.8 Å². The minimum absolute atomic E-state index is 0.0315. The molecule has 73 heavy (non-hydrogen) atoms. The highest BCUT2D eigenvalue weighted by Gasteiger charge is 2.47. The fourth-order valence-corrected chi connectivity index (χ4v) is 7.67. The molecule has 0 unspecified atom stereocenters. The highest BCUT2D eigenvalue weighted by molar-refractivity contribution is 7.20. The number of ketones is 1. The molecule has 0 fully saturated rings. The number of nitrogens with zero attached hydrogens (tertiary/aromatic N) is 2. The van der Waals surface area contributed by atoms with E-state index in [4.69, 9.17) is 0 Å². The number of hydrogen-bond acceptors (Lipinski definition) is 2. The Bertz CT molecular complexity index is 2520. The molecule has 0 N–H and O–H groups in total. The molecule has 0 aliphatic carbocycles. The second-order valence-corrected chi connectivity index (χ2v) is 15.9. The molecule has 0 radical (unpaired) electrons. The van der Waals surface area contributed by atoms with Crippen molar-refractivity contribution in [1.29, 1.82) is 0 Å². The minimum atomic E-state index is -6.13. The molecular weight excluding hydrogens is 1050 g/mol. The Balaban J connectivity index is 0.000000520. The van der Waals surface area contributed by atoms with Gasteiger partial charge in [-0.25, -0.2) is 0 Å². The number of halogens is 24. The van der Waals surface area contributed by atoms with E-state index in [1.165, 1.54) is 5.56 Å². The predicted octanol–water partition coefficient (Wildman–Crippen LogP) is 12.8. The van der Waals surface area contributed by atoms with Crippen LogP contribution in [0.15, 0.2) is 122 Å². The van der Waals surface area contributed by atoms with Crippen molar-refractivity contribution in [2.75, 3.05) is 0 Å². The molecule has 0 spiro atoms. The maximum Gasteiger partial charge on any atom is 0.416 e. The monoisotopic (exact) mass is 1080 g/mol. The van der Waals surface area contributed by atoms with E-state index in [-0.39, 0.29) is 5.78 Å². The first-order valence-electron chi connectivity index (χ1n) is 19.8. The number of rotatable bonds is 7. The van der Waals surface area contributed by atoms with Gasteiger partial charge in [-0.2, -0.15) is 132 Å². The lowest BCUT2D eigenvalue weighted by Crippen LogP contribution is -2.75. The molecular formula is C45H25BF24N2O. The van der Waals surface area contributed by atoms with Crippen molar-refractivity contribution in [2.45, 2.75) is 62.9 Å². The molecule has 5 aromatic carbocycles. The molecule has 0 aliphatic heterocycles. The molecule has 0 aliphatic rings. The first-order valence-corrected chi connectivity index (χ1v) is 19.8. The summed E-state index contributed by atoms with van der Waals surface area (Å²) in [4.78, 5) is 15.4. The quantitative estimate of drug-likeness (QED) is 0.0691. The summed E-state index contributed by atoms with van der Waals surface area (Å²) in [5.41, 5.74) is -28.4. The van der Waals surface area contributed by atoms with Gasteiger partial charge in [0.05, 0.1) is 50.7 Å². The summed E-state index contributed by atoms with van der Waals surface area (Å²) < 4.78 is 343. The summed E-state index contributed by atoms with van der Waals surface area (Å²) in [5, 5.41) is 0. The molecule has 0 amide bonds. The number of Topliss-reactive ketones (excluding diaryl/α,β-unsaturated/α-hetero) is 1. The number of carbonyl (C=O) groups excluding carboxylic acids is 1. The second kappa shape index (κ2) is 19.6. The average Bonchev–Trinajstić information content (AvgIpc) is 3.24. The van der Waals surface area contributed by atoms with Gasteiger partial charge in [0.15, 0.2) is 12.7 Å². The van der Waals surface area contributed by atoms with E-state index in [1.807, 2.05) is 41.1 Å². The normalized spacial score (nSPS) is 13.4. The molecule has 1 aromatic heterocycles. The Morgan fingerprint density at radius 3 is 0.877 bits per heavy atom. The highest BCUT2D eigenvalue weighted by atomic mass is 19.4. The molecule has 0 saturated carbocycles. The third-order valence-corrected chi connectivity index (χ3v) is 10.8. The van der Waals surface area contributed by atoms with Gasteiger partial charge in [0.25, 0.3) is 5.69 Å². The number of benzene rings is 5. The Kier molecular flexibility index (Phi) is 15.3. The lowest BCUT2D eigenvalue weighted by Gasteiger charge is -2.46. The first-order chi connectivity index (χ1) is 33.0. The molecule has 1 heterocycles. The van der Waals surface area contributed by atoms with Gasteiger partial charge in [-0.15, -0.1) is 0 Å². The van der Waals surface area contributed by atoms with Gasteiger partial charge in [-0.05, 0) is 24.3 Å². The maximum atomic E-state index is 14.2. The van der Waals surface area contributed by atoms with Crippen LogP contribution in [0.4, 0.5) is 105 Å². The lowest BCUT2D eigenvalue weighted by molar-refractivity contribution is -0.690. The van der Waals surface area contributed by atoms with E-state index >= 15 is 0 Å². The van der Waals surface area contributed by atoms with Crippen LogP contribution in [-0.4, -0.2) is 16.9 Å². The first kappa shape index (κ1) is 57.1. The van der Waals surface area contributed by atoms with Crippen LogP contribution in [0.25, 0.3) is 0 Å². The molecule has 28 heteroatoms. The molecule has 6 rings (SSSR count). The summed E-state index contributed by atoms with van der Waals surface area (Å²) in [6.45, 7) is 2.25. The molecule has 0 atom stereocenters. The molecule has 392 valence electrons. The van der Waals surface area contributed by atoms with Crippen molar-refractivity contribution in [3.05, 3.63) is 177 Å². The number of carbonyl (C=O) groups is 1. The highest BCUT2D eigenvalue weighted by Crippen LogP contribution is 2.41. The standard InChI is InChI=1S/C32H12BF24.C13H13N2O/c34-25(35,36)13-1-14(26(37,38)39)6-21(5-13)33(22-7-15(27(40,41)42)2-16(8-22)28(43,44)45,23-9-17(29(46,47)48)3-18(10-23)30(49,50)51)24-11-19(31(52,53)54)4-20(12-24)32(55,56)57;1-11(16)13-9-14-7-8-15(13)10-12-5-3-2-4-6-12/h1-12H;2-9H,10H2,1H3/q-1;+1. The molecule has 0 saturated heterocycles. The van der Waals surface area contributed by atoms with Gasteiger partial charge in [-0.3, -0.25) is 9.78 Å². The Hall–Kier alpha value is -6.77. The number of aromatic nitrogens is 2. The van der Waals surface area contributed by atoms with Crippen molar-refractivity contribution in [2.24, 2.45) is 0 Å².